The molecule has 0 radical (unpaired) electrons. The number of anilines is 1. The first-order valence-electron chi connectivity index (χ1n) is 7.21. The summed E-state index contributed by atoms with van der Waals surface area (Å²) in [6.07, 6.45) is 1.03. The molecule has 2 aromatic rings. The number of hydrogen-bond acceptors (Lipinski definition) is 4. The quantitative estimate of drug-likeness (QED) is 0.906. The van der Waals surface area contributed by atoms with Crippen LogP contribution in [-0.2, 0) is 11.3 Å². The number of rotatable bonds is 2. The molecule has 1 aromatic heterocycles. The average Bonchev–Trinajstić information content (AvgIpc) is 3.16. The van der Waals surface area contributed by atoms with Gasteiger partial charge in [0.25, 0.3) is 0 Å². The third-order valence-corrected chi connectivity index (χ3v) is 4.15. The van der Waals surface area contributed by atoms with E-state index in [2.05, 4.69) is 45.7 Å². The molecule has 104 valence electrons. The zero-order chi connectivity index (χ0) is 13.4. The van der Waals surface area contributed by atoms with Crippen LogP contribution in [0.15, 0.2) is 30.3 Å². The van der Waals surface area contributed by atoms with E-state index in [9.17, 15) is 0 Å². The molecule has 1 aromatic carbocycles. The van der Waals surface area contributed by atoms with E-state index in [0.29, 0.717) is 11.8 Å². The molecule has 4 rings (SSSR count). The van der Waals surface area contributed by atoms with E-state index in [-0.39, 0.29) is 0 Å². The molecule has 5 heteroatoms. The second kappa shape index (κ2) is 4.90. The Labute approximate surface area is 118 Å². The SMILES string of the molecule is c1ccc(C2CNc3nc(C4CCOC4)nn3C2)cc1. The van der Waals surface area contributed by atoms with Crippen LogP contribution in [0.1, 0.15) is 29.6 Å². The van der Waals surface area contributed by atoms with E-state index >= 15 is 0 Å². The standard InChI is InChI=1S/C15H18N4O/c1-2-4-11(5-3-1)13-8-16-15-17-14(18-19(15)9-13)12-6-7-20-10-12/h1-5,12-13H,6-10H2,(H,16,17,18). The Kier molecular flexibility index (Phi) is 2.92. The van der Waals surface area contributed by atoms with E-state index in [1.807, 2.05) is 4.68 Å². The molecule has 0 amide bonds. The molecule has 5 nitrogen and oxygen atoms in total. The molecule has 20 heavy (non-hydrogen) atoms. The lowest BCUT2D eigenvalue weighted by Crippen LogP contribution is -2.26. The molecule has 0 saturated carbocycles. The summed E-state index contributed by atoms with van der Waals surface area (Å²) in [5, 5.41) is 8.08. The van der Waals surface area contributed by atoms with Crippen LogP contribution in [0.3, 0.4) is 0 Å². The normalized spacial score (nSPS) is 25.2. The Morgan fingerprint density at radius 2 is 2.10 bits per heavy atom. The van der Waals surface area contributed by atoms with Crippen LogP contribution < -0.4 is 5.32 Å². The van der Waals surface area contributed by atoms with Gasteiger partial charge in [-0.3, -0.25) is 0 Å². The minimum atomic E-state index is 0.366. The van der Waals surface area contributed by atoms with Gasteiger partial charge in [0.05, 0.1) is 13.2 Å². The monoisotopic (exact) mass is 270 g/mol. The van der Waals surface area contributed by atoms with Gasteiger partial charge in [0, 0.05) is 25.0 Å². The fourth-order valence-corrected chi connectivity index (χ4v) is 2.97. The largest absolute Gasteiger partial charge is 0.381 e. The van der Waals surface area contributed by atoms with Crippen LogP contribution in [0.4, 0.5) is 5.95 Å². The van der Waals surface area contributed by atoms with Crippen molar-refractivity contribution in [3.05, 3.63) is 41.7 Å². The van der Waals surface area contributed by atoms with Crippen molar-refractivity contribution >= 4 is 5.95 Å². The highest BCUT2D eigenvalue weighted by Gasteiger charge is 2.27. The third kappa shape index (κ3) is 2.08. The molecule has 0 bridgehead atoms. The van der Waals surface area contributed by atoms with Crippen molar-refractivity contribution < 1.29 is 4.74 Å². The summed E-state index contributed by atoms with van der Waals surface area (Å²) in [6, 6.07) is 10.6. The van der Waals surface area contributed by atoms with Gasteiger partial charge in [0.1, 0.15) is 0 Å². The predicted molar refractivity (Wildman–Crippen MR) is 75.9 cm³/mol. The molecule has 3 heterocycles. The van der Waals surface area contributed by atoms with Crippen LogP contribution in [0.5, 0.6) is 0 Å². The van der Waals surface area contributed by atoms with Gasteiger partial charge in [-0.15, -0.1) is 0 Å². The second-order valence-electron chi connectivity index (χ2n) is 5.52. The fraction of sp³-hybridized carbons (Fsp3) is 0.467. The van der Waals surface area contributed by atoms with Crippen molar-refractivity contribution in [3.63, 3.8) is 0 Å². The van der Waals surface area contributed by atoms with E-state index in [1.165, 1.54) is 5.56 Å². The number of aromatic nitrogens is 3. The second-order valence-corrected chi connectivity index (χ2v) is 5.52. The number of benzene rings is 1. The van der Waals surface area contributed by atoms with E-state index in [0.717, 1.165) is 44.5 Å². The van der Waals surface area contributed by atoms with Gasteiger partial charge in [0.2, 0.25) is 5.95 Å². The molecule has 1 N–H and O–H groups in total. The third-order valence-electron chi connectivity index (χ3n) is 4.15. The highest BCUT2D eigenvalue weighted by atomic mass is 16.5. The van der Waals surface area contributed by atoms with Crippen molar-refractivity contribution in [1.29, 1.82) is 0 Å². The molecular formula is C15H18N4O. The molecule has 1 saturated heterocycles. The number of hydrogen-bond donors (Lipinski definition) is 1. The van der Waals surface area contributed by atoms with Gasteiger partial charge >= 0.3 is 0 Å². The van der Waals surface area contributed by atoms with Crippen molar-refractivity contribution in [3.8, 4) is 0 Å². The van der Waals surface area contributed by atoms with Gasteiger partial charge in [0.15, 0.2) is 5.82 Å². The number of ether oxygens (including phenoxy) is 1. The molecule has 2 atom stereocenters. The highest BCUT2D eigenvalue weighted by Crippen LogP contribution is 2.28. The lowest BCUT2D eigenvalue weighted by atomic mass is 9.98. The van der Waals surface area contributed by atoms with Crippen LogP contribution in [-0.4, -0.2) is 34.5 Å². The molecular weight excluding hydrogens is 252 g/mol. The summed E-state index contributed by atoms with van der Waals surface area (Å²) >= 11 is 0. The Morgan fingerprint density at radius 1 is 1.20 bits per heavy atom. The van der Waals surface area contributed by atoms with Gasteiger partial charge < -0.3 is 10.1 Å². The van der Waals surface area contributed by atoms with Crippen LogP contribution in [0.2, 0.25) is 0 Å². The molecule has 0 aliphatic carbocycles. The first kappa shape index (κ1) is 11.9. The van der Waals surface area contributed by atoms with E-state index in [4.69, 9.17) is 4.74 Å². The van der Waals surface area contributed by atoms with Crippen molar-refractivity contribution in [2.75, 3.05) is 25.1 Å². The van der Waals surface area contributed by atoms with Gasteiger partial charge in [-0.25, -0.2) is 4.68 Å². The average molecular weight is 270 g/mol. The van der Waals surface area contributed by atoms with Gasteiger partial charge in [-0.2, -0.15) is 10.1 Å². The van der Waals surface area contributed by atoms with Crippen molar-refractivity contribution in [2.24, 2.45) is 0 Å². The summed E-state index contributed by atoms with van der Waals surface area (Å²) in [7, 11) is 0. The van der Waals surface area contributed by atoms with Crippen molar-refractivity contribution in [1.82, 2.24) is 14.8 Å². The zero-order valence-electron chi connectivity index (χ0n) is 11.3. The van der Waals surface area contributed by atoms with Crippen LogP contribution in [0, 0.1) is 0 Å². The summed E-state index contributed by atoms with van der Waals surface area (Å²) < 4.78 is 7.43. The maximum absolute atomic E-state index is 5.42. The predicted octanol–water partition coefficient (Wildman–Crippen LogP) is 1.99. The number of nitrogens with zero attached hydrogens (tertiary/aromatic N) is 3. The Bertz CT molecular complexity index is 589. The van der Waals surface area contributed by atoms with Gasteiger partial charge in [-0.1, -0.05) is 30.3 Å². The molecule has 2 aliphatic heterocycles. The van der Waals surface area contributed by atoms with Crippen LogP contribution in [0.25, 0.3) is 0 Å². The summed E-state index contributed by atoms with van der Waals surface area (Å²) in [4.78, 5) is 4.62. The smallest absolute Gasteiger partial charge is 0.221 e. The number of fused-ring (bicyclic) bond motifs is 1. The molecule has 0 spiro atoms. The van der Waals surface area contributed by atoms with E-state index in [1.54, 1.807) is 0 Å². The minimum Gasteiger partial charge on any atom is -0.381 e. The summed E-state index contributed by atoms with van der Waals surface area (Å²) in [6.45, 7) is 3.40. The highest BCUT2D eigenvalue weighted by molar-refractivity contribution is 5.32. The Balaban J connectivity index is 1.57. The first-order chi connectivity index (χ1) is 9.90. The van der Waals surface area contributed by atoms with E-state index < -0.39 is 0 Å². The maximum Gasteiger partial charge on any atom is 0.221 e. The molecule has 2 aliphatic rings. The fourth-order valence-electron chi connectivity index (χ4n) is 2.97. The van der Waals surface area contributed by atoms with Gasteiger partial charge in [-0.05, 0) is 12.0 Å². The molecule has 1 fully saturated rings. The maximum atomic E-state index is 5.42. The Hall–Kier alpha value is -1.88. The lowest BCUT2D eigenvalue weighted by Gasteiger charge is -2.23. The lowest BCUT2D eigenvalue weighted by molar-refractivity contribution is 0.193. The first-order valence-corrected chi connectivity index (χ1v) is 7.21. The number of nitrogens with one attached hydrogen (secondary N) is 1. The minimum absolute atomic E-state index is 0.366. The Morgan fingerprint density at radius 3 is 2.90 bits per heavy atom. The van der Waals surface area contributed by atoms with Crippen molar-refractivity contribution in [2.45, 2.75) is 24.8 Å². The summed E-state index contributed by atoms with van der Waals surface area (Å²) in [5.74, 6) is 2.65. The van der Waals surface area contributed by atoms with Crippen LogP contribution >= 0.6 is 0 Å². The topological polar surface area (TPSA) is 52.0 Å². The zero-order valence-corrected chi connectivity index (χ0v) is 11.3. The molecule has 2 unspecified atom stereocenters. The summed E-state index contributed by atoms with van der Waals surface area (Å²) in [5.41, 5.74) is 1.35.